The summed E-state index contributed by atoms with van der Waals surface area (Å²) in [7, 11) is 0. The Kier molecular flexibility index (Phi) is 5.73. The van der Waals surface area contributed by atoms with Crippen molar-refractivity contribution < 1.29 is 15.0 Å². The summed E-state index contributed by atoms with van der Waals surface area (Å²) < 4.78 is 0. The first-order valence-electron chi connectivity index (χ1n) is 7.06. The minimum absolute atomic E-state index is 0.0917. The third-order valence-corrected chi connectivity index (χ3v) is 4.48. The van der Waals surface area contributed by atoms with E-state index in [2.05, 4.69) is 4.90 Å². The lowest BCUT2D eigenvalue weighted by atomic mass is 9.92. The van der Waals surface area contributed by atoms with Crippen LogP contribution in [0.2, 0.25) is 10.0 Å². The van der Waals surface area contributed by atoms with E-state index in [1.54, 1.807) is 6.07 Å². The minimum Gasteiger partial charge on any atom is -0.506 e. The van der Waals surface area contributed by atoms with Crippen LogP contribution in [-0.4, -0.2) is 34.2 Å². The zero-order valence-corrected chi connectivity index (χ0v) is 13.2. The molecule has 0 aliphatic carbocycles. The summed E-state index contributed by atoms with van der Waals surface area (Å²) in [6, 6.07) is 3.26. The number of carbonyl (C=O) groups is 1. The number of hydrogen-bond acceptors (Lipinski definition) is 3. The highest BCUT2D eigenvalue weighted by Crippen LogP contribution is 2.33. The molecule has 1 aromatic rings. The quantitative estimate of drug-likeness (QED) is 0.861. The van der Waals surface area contributed by atoms with Crippen LogP contribution in [0.25, 0.3) is 0 Å². The van der Waals surface area contributed by atoms with Crippen molar-refractivity contribution >= 4 is 29.2 Å². The molecule has 0 amide bonds. The number of phenolic OH excluding ortho intramolecular Hbond substituents is 1. The molecule has 1 fully saturated rings. The van der Waals surface area contributed by atoms with Crippen LogP contribution in [0.3, 0.4) is 0 Å². The summed E-state index contributed by atoms with van der Waals surface area (Å²) in [4.78, 5) is 12.8. The van der Waals surface area contributed by atoms with E-state index in [0.717, 1.165) is 37.9 Å². The highest BCUT2D eigenvalue weighted by molar-refractivity contribution is 6.35. The van der Waals surface area contributed by atoms with Gasteiger partial charge in [0.05, 0.1) is 5.02 Å². The normalized spacial score (nSPS) is 17.0. The lowest BCUT2D eigenvalue weighted by Gasteiger charge is -2.32. The Labute approximate surface area is 134 Å². The van der Waals surface area contributed by atoms with Gasteiger partial charge in [-0.05, 0) is 50.4 Å². The molecule has 1 heterocycles. The largest absolute Gasteiger partial charge is 0.506 e. The third kappa shape index (κ3) is 4.77. The summed E-state index contributed by atoms with van der Waals surface area (Å²) in [5.74, 6) is -0.154. The third-order valence-electron chi connectivity index (χ3n) is 3.97. The van der Waals surface area contributed by atoms with Crippen LogP contribution in [0.1, 0.15) is 31.2 Å². The Hall–Kier alpha value is -0.970. The van der Waals surface area contributed by atoms with Crippen molar-refractivity contribution in [2.75, 3.05) is 13.1 Å². The lowest BCUT2D eigenvalue weighted by Crippen LogP contribution is -2.33. The Morgan fingerprint density at radius 2 is 1.95 bits per heavy atom. The molecule has 1 aliphatic rings. The van der Waals surface area contributed by atoms with Gasteiger partial charge in [0, 0.05) is 23.6 Å². The van der Waals surface area contributed by atoms with Crippen LogP contribution in [-0.2, 0) is 11.3 Å². The Bertz CT molecular complexity index is 514. The second kappa shape index (κ2) is 7.34. The van der Waals surface area contributed by atoms with E-state index >= 15 is 0 Å². The fourth-order valence-corrected chi connectivity index (χ4v) is 3.28. The number of likely N-dealkylation sites (tertiary alicyclic amines) is 1. The number of carboxylic acid groups (broad SMARTS) is 1. The average molecular weight is 332 g/mol. The van der Waals surface area contributed by atoms with E-state index < -0.39 is 5.97 Å². The second-order valence-electron chi connectivity index (χ2n) is 5.55. The standard InChI is InChI=1S/C15H19Cl2NO3/c16-12-7-11(15(21)13(17)8-12)9-18-5-3-10(4-6-18)1-2-14(19)20/h7-8,10,21H,1-6,9H2,(H,19,20). The number of phenols is 1. The second-order valence-corrected chi connectivity index (χ2v) is 6.39. The summed E-state index contributed by atoms with van der Waals surface area (Å²) in [5.41, 5.74) is 0.733. The highest BCUT2D eigenvalue weighted by Gasteiger charge is 2.21. The first kappa shape index (κ1) is 16.4. The van der Waals surface area contributed by atoms with Gasteiger partial charge in [-0.3, -0.25) is 9.69 Å². The SMILES string of the molecule is O=C(O)CCC1CCN(Cc2cc(Cl)cc(Cl)c2O)CC1. The van der Waals surface area contributed by atoms with E-state index in [1.807, 2.05) is 0 Å². The van der Waals surface area contributed by atoms with Gasteiger partial charge >= 0.3 is 5.97 Å². The minimum atomic E-state index is -0.726. The maximum absolute atomic E-state index is 10.6. The molecule has 1 saturated heterocycles. The number of halogens is 2. The molecule has 2 rings (SSSR count). The zero-order chi connectivity index (χ0) is 15.4. The maximum atomic E-state index is 10.6. The van der Waals surface area contributed by atoms with Gasteiger partial charge in [-0.1, -0.05) is 23.2 Å². The van der Waals surface area contributed by atoms with Gasteiger partial charge in [0.1, 0.15) is 5.75 Å². The molecule has 0 unspecified atom stereocenters. The fraction of sp³-hybridized carbons (Fsp3) is 0.533. The number of carboxylic acids is 1. The molecule has 0 saturated carbocycles. The molecule has 1 aliphatic heterocycles. The number of hydrogen-bond donors (Lipinski definition) is 2. The number of nitrogens with zero attached hydrogens (tertiary/aromatic N) is 1. The number of aliphatic carboxylic acids is 1. The van der Waals surface area contributed by atoms with E-state index in [1.165, 1.54) is 6.07 Å². The molecule has 4 nitrogen and oxygen atoms in total. The van der Waals surface area contributed by atoms with E-state index in [-0.39, 0.29) is 17.2 Å². The van der Waals surface area contributed by atoms with Crippen molar-refractivity contribution in [3.05, 3.63) is 27.7 Å². The van der Waals surface area contributed by atoms with Crippen molar-refractivity contribution in [2.45, 2.75) is 32.2 Å². The number of benzene rings is 1. The molecule has 0 bridgehead atoms. The molecule has 116 valence electrons. The van der Waals surface area contributed by atoms with Gasteiger partial charge in [0.25, 0.3) is 0 Å². The van der Waals surface area contributed by atoms with Crippen molar-refractivity contribution in [3.63, 3.8) is 0 Å². The van der Waals surface area contributed by atoms with Gasteiger partial charge in [-0.25, -0.2) is 0 Å². The van der Waals surface area contributed by atoms with Crippen molar-refractivity contribution in [1.29, 1.82) is 0 Å². The molecule has 6 heteroatoms. The summed E-state index contributed by atoms with van der Waals surface area (Å²) in [6.07, 6.45) is 2.97. The smallest absolute Gasteiger partial charge is 0.303 e. The lowest BCUT2D eigenvalue weighted by molar-refractivity contribution is -0.137. The van der Waals surface area contributed by atoms with Gasteiger partial charge in [0.2, 0.25) is 0 Å². The van der Waals surface area contributed by atoms with E-state index in [9.17, 15) is 9.90 Å². The van der Waals surface area contributed by atoms with Crippen LogP contribution in [0.4, 0.5) is 0 Å². The van der Waals surface area contributed by atoms with E-state index in [0.29, 0.717) is 17.5 Å². The van der Waals surface area contributed by atoms with Gasteiger partial charge in [-0.2, -0.15) is 0 Å². The molecule has 0 radical (unpaired) electrons. The number of aromatic hydroxyl groups is 1. The topological polar surface area (TPSA) is 60.8 Å². The van der Waals surface area contributed by atoms with E-state index in [4.69, 9.17) is 28.3 Å². The molecule has 0 spiro atoms. The Morgan fingerprint density at radius 1 is 1.29 bits per heavy atom. The Balaban J connectivity index is 1.88. The molecule has 0 aromatic heterocycles. The molecule has 0 atom stereocenters. The first-order valence-corrected chi connectivity index (χ1v) is 7.82. The Morgan fingerprint density at radius 3 is 2.57 bits per heavy atom. The molecule has 1 aromatic carbocycles. The molecular weight excluding hydrogens is 313 g/mol. The van der Waals surface area contributed by atoms with Crippen LogP contribution in [0, 0.1) is 5.92 Å². The molecule has 21 heavy (non-hydrogen) atoms. The van der Waals surface area contributed by atoms with Gasteiger partial charge in [-0.15, -0.1) is 0 Å². The average Bonchev–Trinajstić information content (AvgIpc) is 2.43. The molecular formula is C15H19Cl2NO3. The maximum Gasteiger partial charge on any atom is 0.303 e. The first-order chi connectivity index (χ1) is 9.95. The summed E-state index contributed by atoms with van der Waals surface area (Å²) in [6.45, 7) is 2.40. The summed E-state index contributed by atoms with van der Waals surface area (Å²) >= 11 is 11.9. The fourth-order valence-electron chi connectivity index (χ4n) is 2.74. The van der Waals surface area contributed by atoms with Crippen molar-refractivity contribution in [1.82, 2.24) is 4.90 Å². The highest BCUT2D eigenvalue weighted by atomic mass is 35.5. The molecule has 2 N–H and O–H groups in total. The van der Waals surface area contributed by atoms with Crippen LogP contribution < -0.4 is 0 Å². The number of rotatable bonds is 5. The zero-order valence-electron chi connectivity index (χ0n) is 11.7. The van der Waals surface area contributed by atoms with Crippen molar-refractivity contribution in [3.8, 4) is 5.75 Å². The number of piperidine rings is 1. The predicted octanol–water partition coefficient (Wildman–Crippen LogP) is 3.78. The van der Waals surface area contributed by atoms with Gasteiger partial charge < -0.3 is 10.2 Å². The van der Waals surface area contributed by atoms with Crippen LogP contribution in [0.15, 0.2) is 12.1 Å². The van der Waals surface area contributed by atoms with Gasteiger partial charge in [0.15, 0.2) is 0 Å². The monoisotopic (exact) mass is 331 g/mol. The van der Waals surface area contributed by atoms with Crippen molar-refractivity contribution in [2.24, 2.45) is 5.92 Å². The van der Waals surface area contributed by atoms with Crippen LogP contribution in [0.5, 0.6) is 5.75 Å². The predicted molar refractivity (Wildman–Crippen MR) is 83.0 cm³/mol. The van der Waals surface area contributed by atoms with Crippen LogP contribution >= 0.6 is 23.2 Å². The summed E-state index contributed by atoms with van der Waals surface area (Å²) in [5, 5.41) is 19.5.